The van der Waals surface area contributed by atoms with E-state index in [0.717, 1.165) is 43.2 Å². The Kier molecular flexibility index (Phi) is 7.82. The molecule has 0 aliphatic carbocycles. The van der Waals surface area contributed by atoms with Crippen molar-refractivity contribution in [3.8, 4) is 0 Å². The SMILES string of the molecule is CC(C)CN1CCO[C@@H](CNC(=O)NCCc2cccc(Cl)c2)C1. The number of hydrogen-bond donors (Lipinski definition) is 2. The van der Waals surface area contributed by atoms with Crippen LogP contribution in [0.2, 0.25) is 5.02 Å². The number of benzene rings is 1. The van der Waals surface area contributed by atoms with Crippen molar-refractivity contribution in [3.05, 3.63) is 34.9 Å². The van der Waals surface area contributed by atoms with Crippen LogP contribution >= 0.6 is 11.6 Å². The zero-order valence-corrected chi connectivity index (χ0v) is 15.3. The molecule has 1 aromatic rings. The van der Waals surface area contributed by atoms with Gasteiger partial charge >= 0.3 is 6.03 Å². The largest absolute Gasteiger partial charge is 0.374 e. The predicted molar refractivity (Wildman–Crippen MR) is 97.6 cm³/mol. The molecule has 6 heteroatoms. The summed E-state index contributed by atoms with van der Waals surface area (Å²) in [5.41, 5.74) is 1.11. The summed E-state index contributed by atoms with van der Waals surface area (Å²) in [6.45, 7) is 9.21. The van der Waals surface area contributed by atoms with Crippen molar-refractivity contribution in [2.24, 2.45) is 5.92 Å². The van der Waals surface area contributed by atoms with Gasteiger partial charge in [-0.3, -0.25) is 4.90 Å². The van der Waals surface area contributed by atoms with E-state index in [9.17, 15) is 4.79 Å². The molecule has 1 aliphatic heterocycles. The Morgan fingerprint density at radius 2 is 2.25 bits per heavy atom. The molecule has 1 aromatic carbocycles. The first kappa shape index (κ1) is 19.0. The molecular formula is C18H28ClN3O2. The molecule has 0 bridgehead atoms. The third-order valence-corrected chi connectivity index (χ3v) is 4.16. The summed E-state index contributed by atoms with van der Waals surface area (Å²) in [6.07, 6.45) is 0.826. The van der Waals surface area contributed by atoms with Crippen LogP contribution in [-0.2, 0) is 11.2 Å². The molecule has 1 heterocycles. The Morgan fingerprint density at radius 1 is 1.42 bits per heavy atom. The standard InChI is InChI=1S/C18H28ClN3O2/c1-14(2)12-22-8-9-24-17(13-22)11-21-18(23)20-7-6-15-4-3-5-16(19)10-15/h3-5,10,14,17H,6-9,11-13H2,1-2H3,(H2,20,21,23)/t17-/m0/s1. The van der Waals surface area contributed by atoms with Crippen LogP contribution in [0.25, 0.3) is 0 Å². The van der Waals surface area contributed by atoms with E-state index in [2.05, 4.69) is 29.4 Å². The van der Waals surface area contributed by atoms with Crippen LogP contribution in [0.4, 0.5) is 4.79 Å². The average Bonchev–Trinajstić information content (AvgIpc) is 2.53. The molecule has 24 heavy (non-hydrogen) atoms. The first-order valence-electron chi connectivity index (χ1n) is 8.63. The minimum atomic E-state index is -0.151. The summed E-state index contributed by atoms with van der Waals surface area (Å²) < 4.78 is 5.73. The number of amides is 2. The Balaban J connectivity index is 1.62. The zero-order chi connectivity index (χ0) is 17.4. The van der Waals surface area contributed by atoms with E-state index in [-0.39, 0.29) is 12.1 Å². The van der Waals surface area contributed by atoms with Gasteiger partial charge in [0.15, 0.2) is 0 Å². The zero-order valence-electron chi connectivity index (χ0n) is 14.6. The second-order valence-electron chi connectivity index (χ2n) is 6.66. The summed E-state index contributed by atoms with van der Waals surface area (Å²) in [5, 5.41) is 6.49. The van der Waals surface area contributed by atoms with Gasteiger partial charge in [-0.05, 0) is 30.0 Å². The van der Waals surface area contributed by atoms with Crippen molar-refractivity contribution in [2.45, 2.75) is 26.4 Å². The molecule has 1 atom stereocenters. The van der Waals surface area contributed by atoms with Crippen molar-refractivity contribution >= 4 is 17.6 Å². The summed E-state index contributed by atoms with van der Waals surface area (Å²) in [6, 6.07) is 7.53. The second kappa shape index (κ2) is 9.87. The quantitative estimate of drug-likeness (QED) is 0.792. The van der Waals surface area contributed by atoms with Crippen LogP contribution < -0.4 is 10.6 Å². The summed E-state index contributed by atoms with van der Waals surface area (Å²) in [7, 11) is 0. The number of hydrogen-bond acceptors (Lipinski definition) is 3. The maximum Gasteiger partial charge on any atom is 0.314 e. The van der Waals surface area contributed by atoms with Crippen molar-refractivity contribution in [3.63, 3.8) is 0 Å². The van der Waals surface area contributed by atoms with Gasteiger partial charge in [-0.2, -0.15) is 0 Å². The molecule has 0 spiro atoms. The van der Waals surface area contributed by atoms with Crippen molar-refractivity contribution < 1.29 is 9.53 Å². The molecule has 5 nitrogen and oxygen atoms in total. The second-order valence-corrected chi connectivity index (χ2v) is 7.10. The molecule has 0 aromatic heterocycles. The molecule has 0 unspecified atom stereocenters. The Labute approximate surface area is 149 Å². The first-order chi connectivity index (χ1) is 11.5. The van der Waals surface area contributed by atoms with Gasteiger partial charge in [0.05, 0.1) is 12.7 Å². The lowest BCUT2D eigenvalue weighted by Crippen LogP contribution is -2.49. The molecule has 1 aliphatic rings. The predicted octanol–water partition coefficient (Wildman–Crippen LogP) is 2.54. The average molecular weight is 354 g/mol. The van der Waals surface area contributed by atoms with Gasteiger partial charge in [-0.15, -0.1) is 0 Å². The molecule has 2 rings (SSSR count). The van der Waals surface area contributed by atoms with Crippen LogP contribution in [0.3, 0.4) is 0 Å². The van der Waals surface area contributed by atoms with Gasteiger partial charge in [0.2, 0.25) is 0 Å². The molecule has 2 amide bonds. The highest BCUT2D eigenvalue weighted by Gasteiger charge is 2.21. The van der Waals surface area contributed by atoms with Crippen LogP contribution in [0.1, 0.15) is 19.4 Å². The monoisotopic (exact) mass is 353 g/mol. The van der Waals surface area contributed by atoms with Crippen molar-refractivity contribution in [1.82, 2.24) is 15.5 Å². The van der Waals surface area contributed by atoms with E-state index in [4.69, 9.17) is 16.3 Å². The number of rotatable bonds is 7. The van der Waals surface area contributed by atoms with Crippen LogP contribution in [0, 0.1) is 5.92 Å². The Hall–Kier alpha value is -1.30. The lowest BCUT2D eigenvalue weighted by Gasteiger charge is -2.33. The Morgan fingerprint density at radius 3 is 3.00 bits per heavy atom. The van der Waals surface area contributed by atoms with E-state index in [1.807, 2.05) is 24.3 Å². The van der Waals surface area contributed by atoms with E-state index < -0.39 is 0 Å². The van der Waals surface area contributed by atoms with E-state index in [1.165, 1.54) is 0 Å². The molecule has 2 N–H and O–H groups in total. The van der Waals surface area contributed by atoms with Gasteiger partial charge in [-0.25, -0.2) is 4.79 Å². The maximum atomic E-state index is 11.9. The molecule has 0 radical (unpaired) electrons. The highest BCUT2D eigenvalue weighted by Crippen LogP contribution is 2.10. The molecule has 1 fully saturated rings. The summed E-state index contributed by atoms with van der Waals surface area (Å²) in [5.74, 6) is 0.645. The van der Waals surface area contributed by atoms with Crippen LogP contribution in [-0.4, -0.2) is 56.4 Å². The highest BCUT2D eigenvalue weighted by atomic mass is 35.5. The third-order valence-electron chi connectivity index (χ3n) is 3.92. The number of ether oxygens (including phenoxy) is 1. The number of morpholine rings is 1. The van der Waals surface area contributed by atoms with Gasteiger partial charge in [0.25, 0.3) is 0 Å². The highest BCUT2D eigenvalue weighted by molar-refractivity contribution is 6.30. The lowest BCUT2D eigenvalue weighted by atomic mass is 10.1. The topological polar surface area (TPSA) is 53.6 Å². The van der Waals surface area contributed by atoms with Gasteiger partial charge in [-0.1, -0.05) is 37.6 Å². The fourth-order valence-electron chi connectivity index (χ4n) is 2.87. The molecule has 1 saturated heterocycles. The van der Waals surface area contributed by atoms with Crippen LogP contribution in [0.15, 0.2) is 24.3 Å². The number of urea groups is 1. The summed E-state index contributed by atoms with van der Waals surface area (Å²) >= 11 is 5.95. The minimum Gasteiger partial charge on any atom is -0.374 e. The van der Waals surface area contributed by atoms with Gasteiger partial charge in [0.1, 0.15) is 0 Å². The number of carbonyl (C=O) groups excluding carboxylic acids is 1. The van der Waals surface area contributed by atoms with Gasteiger partial charge in [0, 0.05) is 37.7 Å². The molecule has 134 valence electrons. The molecule has 0 saturated carbocycles. The Bertz CT molecular complexity index is 525. The van der Waals surface area contributed by atoms with Crippen LogP contribution in [0.5, 0.6) is 0 Å². The third kappa shape index (κ3) is 7.07. The number of halogens is 1. The number of nitrogens with zero attached hydrogens (tertiary/aromatic N) is 1. The van der Waals surface area contributed by atoms with Crippen molar-refractivity contribution in [2.75, 3.05) is 39.3 Å². The first-order valence-corrected chi connectivity index (χ1v) is 9.01. The van der Waals surface area contributed by atoms with E-state index >= 15 is 0 Å². The normalized spacial score (nSPS) is 18.6. The van der Waals surface area contributed by atoms with Gasteiger partial charge < -0.3 is 15.4 Å². The van der Waals surface area contributed by atoms with E-state index in [1.54, 1.807) is 0 Å². The number of carbonyl (C=O) groups is 1. The smallest absolute Gasteiger partial charge is 0.314 e. The number of nitrogens with one attached hydrogen (secondary N) is 2. The molecular weight excluding hydrogens is 326 g/mol. The maximum absolute atomic E-state index is 11.9. The summed E-state index contributed by atoms with van der Waals surface area (Å²) in [4.78, 5) is 14.3. The lowest BCUT2D eigenvalue weighted by molar-refractivity contribution is -0.0290. The van der Waals surface area contributed by atoms with Crippen molar-refractivity contribution in [1.29, 1.82) is 0 Å². The fraction of sp³-hybridized carbons (Fsp3) is 0.611. The minimum absolute atomic E-state index is 0.0659. The fourth-order valence-corrected chi connectivity index (χ4v) is 3.08. The van der Waals surface area contributed by atoms with E-state index in [0.29, 0.717) is 19.0 Å².